The van der Waals surface area contributed by atoms with E-state index in [0.29, 0.717) is 11.5 Å². The highest BCUT2D eigenvalue weighted by molar-refractivity contribution is 6.01. The maximum Gasteiger partial charge on any atom is 0.251 e. The smallest absolute Gasteiger partial charge is 0.251 e. The van der Waals surface area contributed by atoms with Gasteiger partial charge in [-0.25, -0.2) is 0 Å². The third-order valence-electron chi connectivity index (χ3n) is 7.06. The molecule has 32 heavy (non-hydrogen) atoms. The van der Waals surface area contributed by atoms with E-state index in [1.807, 2.05) is 18.2 Å². The Labute approximate surface area is 189 Å². The van der Waals surface area contributed by atoms with E-state index in [0.717, 1.165) is 48.5 Å². The van der Waals surface area contributed by atoms with Crippen molar-refractivity contribution in [1.29, 1.82) is 0 Å². The molecule has 1 atom stereocenters. The Kier molecular flexibility index (Phi) is 6.12. The summed E-state index contributed by atoms with van der Waals surface area (Å²) in [6, 6.07) is 14.5. The van der Waals surface area contributed by atoms with E-state index < -0.39 is 0 Å². The first-order valence-electron chi connectivity index (χ1n) is 11.9. The van der Waals surface area contributed by atoms with Crippen molar-refractivity contribution in [2.24, 2.45) is 5.92 Å². The summed E-state index contributed by atoms with van der Waals surface area (Å²) in [7, 11) is 0. The summed E-state index contributed by atoms with van der Waals surface area (Å²) >= 11 is 0. The summed E-state index contributed by atoms with van der Waals surface area (Å²) in [4.78, 5) is 15.3. The monoisotopic (exact) mass is 432 g/mol. The number of aromatic amines is 1. The molecule has 1 aliphatic heterocycles. The molecule has 6 heteroatoms. The SMILES string of the molecule is C[C@@H](NC(=O)c1ccc2[nH]nc(-c3ccc(N4CCOCC4)cc3)c2c1)C1CCCCC1. The molecule has 2 heterocycles. The van der Waals surface area contributed by atoms with Gasteiger partial charge in [-0.15, -0.1) is 0 Å². The Morgan fingerprint density at radius 3 is 2.59 bits per heavy atom. The normalized spacial score (nSPS) is 18.6. The third-order valence-corrected chi connectivity index (χ3v) is 7.06. The number of hydrogen-bond donors (Lipinski definition) is 2. The Morgan fingerprint density at radius 1 is 1.09 bits per heavy atom. The standard InChI is InChI=1S/C26H32N4O2/c1-18(19-5-3-2-4-6-19)27-26(31)21-9-12-24-23(17-21)25(29-28-24)20-7-10-22(11-8-20)30-13-15-32-16-14-30/h7-12,17-19H,2-6,13-16H2,1H3,(H,27,31)(H,28,29)/t18-/m1/s1. The van der Waals surface area contributed by atoms with Crippen LogP contribution in [0.2, 0.25) is 0 Å². The largest absolute Gasteiger partial charge is 0.378 e. The number of aromatic nitrogens is 2. The second-order valence-corrected chi connectivity index (χ2v) is 9.14. The topological polar surface area (TPSA) is 70.2 Å². The Bertz CT molecular complexity index is 1060. The number of amides is 1. The van der Waals surface area contributed by atoms with Gasteiger partial charge in [0.25, 0.3) is 5.91 Å². The average Bonchev–Trinajstić information content (AvgIpc) is 3.28. The fourth-order valence-electron chi connectivity index (χ4n) is 5.07. The lowest BCUT2D eigenvalue weighted by Crippen LogP contribution is -2.38. The van der Waals surface area contributed by atoms with Crippen molar-refractivity contribution in [2.45, 2.75) is 45.1 Å². The molecule has 1 saturated heterocycles. The first-order valence-corrected chi connectivity index (χ1v) is 11.9. The zero-order chi connectivity index (χ0) is 21.9. The van der Waals surface area contributed by atoms with E-state index in [9.17, 15) is 4.79 Å². The van der Waals surface area contributed by atoms with Gasteiger partial charge in [-0.2, -0.15) is 5.10 Å². The van der Waals surface area contributed by atoms with E-state index in [2.05, 4.69) is 51.6 Å². The Morgan fingerprint density at radius 2 is 1.84 bits per heavy atom. The molecule has 3 aromatic rings. The van der Waals surface area contributed by atoms with Crippen LogP contribution in [-0.2, 0) is 4.74 Å². The molecule has 0 spiro atoms. The molecule has 5 rings (SSSR count). The summed E-state index contributed by atoms with van der Waals surface area (Å²) in [5.41, 5.74) is 4.75. The summed E-state index contributed by atoms with van der Waals surface area (Å²) < 4.78 is 5.45. The van der Waals surface area contributed by atoms with Crippen LogP contribution in [0.1, 0.15) is 49.4 Å². The molecule has 6 nitrogen and oxygen atoms in total. The molecule has 2 N–H and O–H groups in total. The van der Waals surface area contributed by atoms with Gasteiger partial charge in [0.15, 0.2) is 0 Å². The maximum absolute atomic E-state index is 13.0. The molecular formula is C26H32N4O2. The number of rotatable bonds is 5. The minimum Gasteiger partial charge on any atom is -0.378 e. The minimum atomic E-state index is -0.000196. The number of hydrogen-bond acceptors (Lipinski definition) is 4. The molecule has 168 valence electrons. The Balaban J connectivity index is 1.35. The van der Waals surface area contributed by atoms with Crippen LogP contribution < -0.4 is 10.2 Å². The second kappa shape index (κ2) is 9.33. The molecule has 0 bridgehead atoms. The van der Waals surface area contributed by atoms with Crippen LogP contribution in [0, 0.1) is 5.92 Å². The second-order valence-electron chi connectivity index (χ2n) is 9.14. The van der Waals surface area contributed by atoms with E-state index in [1.54, 1.807) is 0 Å². The van der Waals surface area contributed by atoms with Gasteiger partial charge in [-0.1, -0.05) is 31.4 Å². The minimum absolute atomic E-state index is 0.000196. The zero-order valence-electron chi connectivity index (χ0n) is 18.8. The van der Waals surface area contributed by atoms with E-state index in [1.165, 1.54) is 37.8 Å². The van der Waals surface area contributed by atoms with Crippen molar-refractivity contribution in [2.75, 3.05) is 31.2 Å². The molecule has 0 radical (unpaired) electrons. The summed E-state index contributed by atoms with van der Waals surface area (Å²) in [5.74, 6) is 0.589. The predicted octanol–water partition coefficient (Wildman–Crippen LogP) is 4.77. The van der Waals surface area contributed by atoms with Crippen molar-refractivity contribution < 1.29 is 9.53 Å². The average molecular weight is 433 g/mol. The maximum atomic E-state index is 13.0. The fraction of sp³-hybridized carbons (Fsp3) is 0.462. The van der Waals surface area contributed by atoms with Gasteiger partial charge in [0.2, 0.25) is 0 Å². The number of nitrogens with one attached hydrogen (secondary N) is 2. The van der Waals surface area contributed by atoms with Gasteiger partial charge in [0.1, 0.15) is 0 Å². The number of benzene rings is 2. The number of H-pyrrole nitrogens is 1. The highest BCUT2D eigenvalue weighted by atomic mass is 16.5. The lowest BCUT2D eigenvalue weighted by Gasteiger charge is -2.28. The molecular weight excluding hydrogens is 400 g/mol. The van der Waals surface area contributed by atoms with Crippen molar-refractivity contribution in [1.82, 2.24) is 15.5 Å². The molecule has 2 aromatic carbocycles. The van der Waals surface area contributed by atoms with Gasteiger partial charge < -0.3 is 15.0 Å². The fourth-order valence-corrected chi connectivity index (χ4v) is 5.07. The van der Waals surface area contributed by atoms with Crippen LogP contribution in [-0.4, -0.2) is 48.4 Å². The van der Waals surface area contributed by atoms with Crippen LogP contribution in [0.5, 0.6) is 0 Å². The predicted molar refractivity (Wildman–Crippen MR) is 128 cm³/mol. The number of fused-ring (bicyclic) bond motifs is 1. The molecule has 1 aromatic heterocycles. The van der Waals surface area contributed by atoms with Gasteiger partial charge >= 0.3 is 0 Å². The highest BCUT2D eigenvalue weighted by Gasteiger charge is 2.22. The third kappa shape index (κ3) is 4.37. The lowest BCUT2D eigenvalue weighted by molar-refractivity contribution is 0.0919. The van der Waals surface area contributed by atoms with Crippen molar-refractivity contribution in [3.63, 3.8) is 0 Å². The molecule has 1 saturated carbocycles. The number of morpholine rings is 1. The molecule has 2 fully saturated rings. The first-order chi connectivity index (χ1) is 15.7. The van der Waals surface area contributed by atoms with Gasteiger partial charge in [0.05, 0.1) is 24.4 Å². The summed E-state index contributed by atoms with van der Waals surface area (Å²) in [6.45, 7) is 5.53. The number of anilines is 1. The summed E-state index contributed by atoms with van der Waals surface area (Å²) in [6.07, 6.45) is 6.31. The number of nitrogens with zero attached hydrogens (tertiary/aromatic N) is 2. The van der Waals surface area contributed by atoms with E-state index in [4.69, 9.17) is 4.74 Å². The Hall–Kier alpha value is -2.86. The molecule has 2 aliphatic rings. The van der Waals surface area contributed by atoms with Crippen LogP contribution in [0.25, 0.3) is 22.2 Å². The zero-order valence-corrected chi connectivity index (χ0v) is 18.8. The number of ether oxygens (including phenoxy) is 1. The van der Waals surface area contributed by atoms with Crippen LogP contribution in [0.3, 0.4) is 0 Å². The quantitative estimate of drug-likeness (QED) is 0.610. The molecule has 1 amide bonds. The highest BCUT2D eigenvalue weighted by Crippen LogP contribution is 2.30. The van der Waals surface area contributed by atoms with E-state index in [-0.39, 0.29) is 11.9 Å². The van der Waals surface area contributed by atoms with Crippen LogP contribution in [0.4, 0.5) is 5.69 Å². The molecule has 1 aliphatic carbocycles. The number of carbonyl (C=O) groups excluding carboxylic acids is 1. The van der Waals surface area contributed by atoms with Crippen molar-refractivity contribution in [3.05, 3.63) is 48.0 Å². The van der Waals surface area contributed by atoms with Crippen LogP contribution in [0.15, 0.2) is 42.5 Å². The first kappa shape index (κ1) is 21.0. The summed E-state index contributed by atoms with van der Waals surface area (Å²) in [5, 5.41) is 11.9. The van der Waals surface area contributed by atoms with Crippen molar-refractivity contribution >= 4 is 22.5 Å². The van der Waals surface area contributed by atoms with Crippen LogP contribution >= 0.6 is 0 Å². The van der Waals surface area contributed by atoms with Gasteiger partial charge in [-0.3, -0.25) is 9.89 Å². The molecule has 0 unspecified atom stereocenters. The van der Waals surface area contributed by atoms with Gasteiger partial charge in [-0.05, 0) is 56.0 Å². The lowest BCUT2D eigenvalue weighted by atomic mass is 9.84. The van der Waals surface area contributed by atoms with Crippen molar-refractivity contribution in [3.8, 4) is 11.3 Å². The van der Waals surface area contributed by atoms with E-state index >= 15 is 0 Å². The van der Waals surface area contributed by atoms with Gasteiger partial charge in [0, 0.05) is 41.3 Å². The number of carbonyl (C=O) groups is 1.